The Kier molecular flexibility index (Phi) is 2.43. The third kappa shape index (κ3) is 1.67. The van der Waals surface area contributed by atoms with Crippen LogP contribution < -0.4 is 5.32 Å². The van der Waals surface area contributed by atoms with Crippen LogP contribution in [0.15, 0.2) is 6.33 Å². The molecule has 0 saturated carbocycles. The van der Waals surface area contributed by atoms with E-state index in [1.807, 2.05) is 20.9 Å². The number of aromatic nitrogens is 5. The quantitative estimate of drug-likeness (QED) is 0.767. The fraction of sp³-hybridized carbons (Fsp3) is 0.333. The molecule has 0 unspecified atom stereocenters. The molecule has 0 saturated heterocycles. The van der Waals surface area contributed by atoms with Gasteiger partial charge in [0.15, 0.2) is 0 Å². The highest BCUT2D eigenvalue weighted by molar-refractivity contribution is 6.02. The molecule has 2 heterocycles. The highest BCUT2D eigenvalue weighted by Crippen LogP contribution is 2.18. The summed E-state index contributed by atoms with van der Waals surface area (Å²) in [6, 6.07) is 0. The van der Waals surface area contributed by atoms with Gasteiger partial charge in [0.05, 0.1) is 17.1 Å². The Labute approximate surface area is 91.9 Å². The fourth-order valence-electron chi connectivity index (χ4n) is 1.44. The standard InChI is InChI=1S/C9H12N6O/c1-5-7(6(2)15(3)14-5)12-9(16)8-10-4-11-13-8/h4H,1-3H3,(H,12,16)(H,10,11,13). The molecule has 0 aromatic carbocycles. The van der Waals surface area contributed by atoms with Crippen LogP contribution in [0.25, 0.3) is 0 Å². The molecule has 2 N–H and O–H groups in total. The minimum Gasteiger partial charge on any atom is -0.316 e. The van der Waals surface area contributed by atoms with E-state index in [-0.39, 0.29) is 11.7 Å². The number of rotatable bonds is 2. The highest BCUT2D eigenvalue weighted by atomic mass is 16.2. The summed E-state index contributed by atoms with van der Waals surface area (Å²) in [7, 11) is 1.83. The summed E-state index contributed by atoms with van der Waals surface area (Å²) in [4.78, 5) is 15.5. The summed E-state index contributed by atoms with van der Waals surface area (Å²) < 4.78 is 1.71. The molecule has 2 aromatic heterocycles. The highest BCUT2D eigenvalue weighted by Gasteiger charge is 2.15. The molecule has 16 heavy (non-hydrogen) atoms. The molecule has 0 bridgehead atoms. The molecule has 0 aliphatic heterocycles. The molecule has 1 amide bonds. The predicted molar refractivity (Wildman–Crippen MR) is 57.0 cm³/mol. The van der Waals surface area contributed by atoms with Crippen molar-refractivity contribution in [2.45, 2.75) is 13.8 Å². The monoisotopic (exact) mass is 220 g/mol. The minimum atomic E-state index is -0.322. The normalized spacial score (nSPS) is 10.4. The first-order chi connectivity index (χ1) is 7.59. The zero-order valence-electron chi connectivity index (χ0n) is 9.27. The van der Waals surface area contributed by atoms with Gasteiger partial charge in [-0.3, -0.25) is 14.6 Å². The molecule has 0 aliphatic rings. The Hall–Kier alpha value is -2.18. The smallest absolute Gasteiger partial charge is 0.293 e. The van der Waals surface area contributed by atoms with Gasteiger partial charge in [-0.05, 0) is 13.8 Å². The van der Waals surface area contributed by atoms with Crippen molar-refractivity contribution in [1.82, 2.24) is 25.0 Å². The van der Waals surface area contributed by atoms with E-state index in [0.717, 1.165) is 11.4 Å². The lowest BCUT2D eigenvalue weighted by atomic mass is 10.3. The molecule has 2 rings (SSSR count). The van der Waals surface area contributed by atoms with Crippen molar-refractivity contribution in [3.63, 3.8) is 0 Å². The fourth-order valence-corrected chi connectivity index (χ4v) is 1.44. The second-order valence-corrected chi connectivity index (χ2v) is 3.46. The minimum absolute atomic E-state index is 0.183. The van der Waals surface area contributed by atoms with E-state index in [1.165, 1.54) is 6.33 Å². The summed E-state index contributed by atoms with van der Waals surface area (Å²) in [5.74, 6) is -0.139. The number of nitrogens with one attached hydrogen (secondary N) is 2. The maximum Gasteiger partial charge on any atom is 0.293 e. The number of hydrogen-bond donors (Lipinski definition) is 2. The number of H-pyrrole nitrogens is 1. The van der Waals surface area contributed by atoms with Crippen molar-refractivity contribution >= 4 is 11.6 Å². The molecular weight excluding hydrogens is 208 g/mol. The number of hydrogen-bond acceptors (Lipinski definition) is 4. The van der Waals surface area contributed by atoms with E-state index < -0.39 is 0 Å². The summed E-state index contributed by atoms with van der Waals surface area (Å²) in [6.07, 6.45) is 1.29. The van der Waals surface area contributed by atoms with Crippen molar-refractivity contribution in [1.29, 1.82) is 0 Å². The van der Waals surface area contributed by atoms with Gasteiger partial charge in [0.2, 0.25) is 5.82 Å². The van der Waals surface area contributed by atoms with Gasteiger partial charge in [-0.15, -0.1) is 0 Å². The lowest BCUT2D eigenvalue weighted by Crippen LogP contribution is -2.14. The first-order valence-electron chi connectivity index (χ1n) is 4.76. The number of carbonyl (C=O) groups excluding carboxylic acids is 1. The van der Waals surface area contributed by atoms with Gasteiger partial charge < -0.3 is 5.32 Å². The summed E-state index contributed by atoms with van der Waals surface area (Å²) >= 11 is 0. The van der Waals surface area contributed by atoms with Crippen LogP contribution in [0.1, 0.15) is 22.0 Å². The van der Waals surface area contributed by atoms with E-state index in [1.54, 1.807) is 4.68 Å². The van der Waals surface area contributed by atoms with Crippen molar-refractivity contribution in [2.24, 2.45) is 7.05 Å². The lowest BCUT2D eigenvalue weighted by molar-refractivity contribution is 0.101. The predicted octanol–water partition coefficient (Wildman–Crippen LogP) is 0.407. The van der Waals surface area contributed by atoms with Crippen molar-refractivity contribution in [3.05, 3.63) is 23.5 Å². The molecule has 7 heteroatoms. The molecule has 84 valence electrons. The maximum absolute atomic E-state index is 11.7. The van der Waals surface area contributed by atoms with Crippen molar-refractivity contribution < 1.29 is 4.79 Å². The summed E-state index contributed by atoms with van der Waals surface area (Å²) in [5, 5.41) is 13.1. The average molecular weight is 220 g/mol. The summed E-state index contributed by atoms with van der Waals surface area (Å²) in [6.45, 7) is 3.72. The van der Waals surface area contributed by atoms with Crippen LogP contribution in [-0.2, 0) is 7.05 Å². The average Bonchev–Trinajstić information content (AvgIpc) is 2.83. The first-order valence-corrected chi connectivity index (χ1v) is 4.76. The second kappa shape index (κ2) is 3.76. The third-order valence-corrected chi connectivity index (χ3v) is 2.38. The van der Waals surface area contributed by atoms with Crippen molar-refractivity contribution in [3.8, 4) is 0 Å². The van der Waals surface area contributed by atoms with E-state index >= 15 is 0 Å². The first kappa shape index (κ1) is 10.3. The number of carbonyl (C=O) groups is 1. The van der Waals surface area contributed by atoms with Crippen LogP contribution in [-0.4, -0.2) is 30.9 Å². The van der Waals surface area contributed by atoms with E-state index in [4.69, 9.17) is 0 Å². The van der Waals surface area contributed by atoms with Gasteiger partial charge in [0.1, 0.15) is 6.33 Å². The van der Waals surface area contributed by atoms with Crippen molar-refractivity contribution in [2.75, 3.05) is 5.32 Å². The Balaban J connectivity index is 2.25. The Morgan fingerprint density at radius 1 is 1.50 bits per heavy atom. The zero-order chi connectivity index (χ0) is 11.7. The Bertz CT molecular complexity index is 512. The van der Waals surface area contributed by atoms with Gasteiger partial charge in [-0.2, -0.15) is 10.2 Å². The molecule has 0 spiro atoms. The molecule has 0 fully saturated rings. The third-order valence-electron chi connectivity index (χ3n) is 2.38. The summed E-state index contributed by atoms with van der Waals surface area (Å²) in [5.41, 5.74) is 2.38. The Morgan fingerprint density at radius 3 is 2.75 bits per heavy atom. The van der Waals surface area contributed by atoms with Gasteiger partial charge >= 0.3 is 0 Å². The lowest BCUT2D eigenvalue weighted by Gasteiger charge is -2.02. The molecule has 7 nitrogen and oxygen atoms in total. The maximum atomic E-state index is 11.7. The van der Waals surface area contributed by atoms with Gasteiger partial charge in [0, 0.05) is 7.05 Å². The molecule has 0 aliphatic carbocycles. The van der Waals surface area contributed by atoms with E-state index in [0.29, 0.717) is 5.69 Å². The molecule has 0 atom stereocenters. The number of anilines is 1. The van der Waals surface area contributed by atoms with Crippen LogP contribution in [0.3, 0.4) is 0 Å². The molecular formula is C9H12N6O. The molecule has 0 radical (unpaired) electrons. The molecule has 2 aromatic rings. The van der Waals surface area contributed by atoms with Crippen LogP contribution in [0.5, 0.6) is 0 Å². The second-order valence-electron chi connectivity index (χ2n) is 3.46. The van der Waals surface area contributed by atoms with Crippen LogP contribution in [0.2, 0.25) is 0 Å². The largest absolute Gasteiger partial charge is 0.316 e. The number of aromatic amines is 1. The Morgan fingerprint density at radius 2 is 2.25 bits per heavy atom. The SMILES string of the molecule is Cc1nn(C)c(C)c1NC(=O)c1ncn[nH]1. The van der Waals surface area contributed by atoms with Crippen LogP contribution >= 0.6 is 0 Å². The number of aryl methyl sites for hydroxylation is 2. The van der Waals surface area contributed by atoms with E-state index in [2.05, 4.69) is 25.6 Å². The zero-order valence-corrected chi connectivity index (χ0v) is 9.27. The number of amides is 1. The van der Waals surface area contributed by atoms with Crippen LogP contribution in [0, 0.1) is 13.8 Å². The topological polar surface area (TPSA) is 88.5 Å². The van der Waals surface area contributed by atoms with Crippen LogP contribution in [0.4, 0.5) is 5.69 Å². The van der Waals surface area contributed by atoms with Gasteiger partial charge in [-0.25, -0.2) is 4.98 Å². The van der Waals surface area contributed by atoms with Gasteiger partial charge in [-0.1, -0.05) is 0 Å². The number of nitrogens with zero attached hydrogens (tertiary/aromatic N) is 4. The van der Waals surface area contributed by atoms with Gasteiger partial charge in [0.25, 0.3) is 5.91 Å². The van der Waals surface area contributed by atoms with E-state index in [9.17, 15) is 4.79 Å².